The zero-order chi connectivity index (χ0) is 20.2. The summed E-state index contributed by atoms with van der Waals surface area (Å²) < 4.78 is 11.5. The van der Waals surface area contributed by atoms with E-state index in [0.29, 0.717) is 22.5 Å². The van der Waals surface area contributed by atoms with Crippen molar-refractivity contribution in [2.24, 2.45) is 0 Å². The van der Waals surface area contributed by atoms with Gasteiger partial charge < -0.3 is 19.0 Å². The molecule has 0 radical (unpaired) electrons. The second-order valence-corrected chi connectivity index (χ2v) is 7.32. The Morgan fingerprint density at radius 3 is 2.66 bits per heavy atom. The molecule has 2 heterocycles. The fourth-order valence-electron chi connectivity index (χ4n) is 3.49. The second-order valence-electron chi connectivity index (χ2n) is 7.32. The molecule has 4 rings (SSSR count). The Hall–Kier alpha value is -3.12. The van der Waals surface area contributed by atoms with Gasteiger partial charge in [-0.25, -0.2) is 0 Å². The fourth-order valence-corrected chi connectivity index (χ4v) is 3.49. The number of hydrogen-bond acceptors (Lipinski definition) is 5. The van der Waals surface area contributed by atoms with Crippen LogP contribution in [0.2, 0.25) is 0 Å². The van der Waals surface area contributed by atoms with Gasteiger partial charge in [-0.3, -0.25) is 9.59 Å². The topological polar surface area (TPSA) is 63.0 Å². The quantitative estimate of drug-likeness (QED) is 0.683. The molecule has 1 amide bonds. The first-order valence-corrected chi connectivity index (χ1v) is 9.82. The summed E-state index contributed by atoms with van der Waals surface area (Å²) in [4.78, 5) is 28.8. The van der Waals surface area contributed by atoms with Crippen LogP contribution in [0.5, 0.6) is 5.75 Å². The van der Waals surface area contributed by atoms with Crippen LogP contribution in [0.3, 0.4) is 0 Å². The van der Waals surface area contributed by atoms with Crippen molar-refractivity contribution in [3.8, 4) is 17.1 Å². The van der Waals surface area contributed by atoms with Crippen LogP contribution in [0, 0.1) is 0 Å². The Morgan fingerprint density at radius 2 is 1.83 bits per heavy atom. The molecule has 6 heteroatoms. The summed E-state index contributed by atoms with van der Waals surface area (Å²) in [5.74, 6) is 1.12. The van der Waals surface area contributed by atoms with Crippen LogP contribution < -0.4 is 10.2 Å². The number of ether oxygens (including phenoxy) is 1. The number of likely N-dealkylation sites (N-methyl/N-ethyl adjacent to an activating group) is 1. The van der Waals surface area contributed by atoms with E-state index < -0.39 is 0 Å². The first-order chi connectivity index (χ1) is 14.1. The maximum Gasteiger partial charge on any atom is 0.260 e. The molecule has 3 aromatic rings. The van der Waals surface area contributed by atoms with E-state index in [2.05, 4.69) is 11.9 Å². The first kappa shape index (κ1) is 19.2. The van der Waals surface area contributed by atoms with Gasteiger partial charge in [0, 0.05) is 31.3 Å². The third kappa shape index (κ3) is 4.49. The number of carbonyl (C=O) groups excluding carboxylic acids is 1. The van der Waals surface area contributed by atoms with Gasteiger partial charge >= 0.3 is 0 Å². The Morgan fingerprint density at radius 1 is 1.03 bits per heavy atom. The molecule has 150 valence electrons. The highest BCUT2D eigenvalue weighted by atomic mass is 16.5. The monoisotopic (exact) mass is 392 g/mol. The van der Waals surface area contributed by atoms with Gasteiger partial charge in [-0.05, 0) is 56.4 Å². The second kappa shape index (κ2) is 8.49. The summed E-state index contributed by atoms with van der Waals surface area (Å²) in [6.45, 7) is 3.42. The Labute approximate surface area is 169 Å². The molecule has 0 unspecified atom stereocenters. The van der Waals surface area contributed by atoms with E-state index in [4.69, 9.17) is 9.15 Å². The number of fused-ring (bicyclic) bond motifs is 1. The minimum absolute atomic E-state index is 0.00454. The molecular weight excluding hydrogens is 368 g/mol. The molecule has 0 bridgehead atoms. The van der Waals surface area contributed by atoms with Crippen molar-refractivity contribution in [3.05, 3.63) is 64.8 Å². The summed E-state index contributed by atoms with van der Waals surface area (Å²) >= 11 is 0. The summed E-state index contributed by atoms with van der Waals surface area (Å²) in [5.41, 5.74) is 1.27. The summed E-state index contributed by atoms with van der Waals surface area (Å²) in [5, 5.41) is 0.564. The molecule has 1 aliphatic heterocycles. The van der Waals surface area contributed by atoms with Crippen LogP contribution in [-0.4, -0.2) is 55.5 Å². The molecule has 2 aromatic carbocycles. The fraction of sp³-hybridized carbons (Fsp3) is 0.304. The van der Waals surface area contributed by atoms with E-state index in [1.807, 2.05) is 29.2 Å². The largest absolute Gasteiger partial charge is 0.484 e. The van der Waals surface area contributed by atoms with Crippen molar-refractivity contribution in [1.29, 1.82) is 0 Å². The Bertz CT molecular complexity index is 1060. The SMILES string of the molecule is CN1CCCN(C(=O)COc2ccc(-c3cc(=O)c4ccccc4o3)cc2)CC1. The van der Waals surface area contributed by atoms with E-state index in [1.165, 1.54) is 6.07 Å². The molecular formula is C23H24N2O4. The van der Waals surface area contributed by atoms with Crippen LogP contribution >= 0.6 is 0 Å². The predicted molar refractivity (Wildman–Crippen MR) is 112 cm³/mol. The van der Waals surface area contributed by atoms with E-state index in [9.17, 15) is 9.59 Å². The van der Waals surface area contributed by atoms with Crippen molar-refractivity contribution in [2.75, 3.05) is 39.8 Å². The predicted octanol–water partition coefficient (Wildman–Crippen LogP) is 3.00. The lowest BCUT2D eigenvalue weighted by Gasteiger charge is -2.20. The third-order valence-electron chi connectivity index (χ3n) is 5.21. The molecule has 1 fully saturated rings. The maximum absolute atomic E-state index is 12.4. The lowest BCUT2D eigenvalue weighted by Crippen LogP contribution is -2.37. The van der Waals surface area contributed by atoms with Crippen molar-refractivity contribution < 1.29 is 13.9 Å². The minimum Gasteiger partial charge on any atom is -0.484 e. The average Bonchev–Trinajstić information content (AvgIpc) is 2.97. The van der Waals surface area contributed by atoms with Crippen molar-refractivity contribution in [2.45, 2.75) is 6.42 Å². The van der Waals surface area contributed by atoms with Crippen LogP contribution in [0.25, 0.3) is 22.3 Å². The van der Waals surface area contributed by atoms with E-state index in [-0.39, 0.29) is 17.9 Å². The van der Waals surface area contributed by atoms with Crippen LogP contribution in [-0.2, 0) is 4.79 Å². The first-order valence-electron chi connectivity index (χ1n) is 9.82. The number of hydrogen-bond donors (Lipinski definition) is 0. The summed E-state index contributed by atoms with van der Waals surface area (Å²) in [7, 11) is 2.07. The van der Waals surface area contributed by atoms with Gasteiger partial charge in [-0.1, -0.05) is 12.1 Å². The van der Waals surface area contributed by atoms with E-state index in [1.54, 1.807) is 24.3 Å². The van der Waals surface area contributed by atoms with Gasteiger partial charge in [0.1, 0.15) is 17.1 Å². The number of carbonyl (C=O) groups is 1. The van der Waals surface area contributed by atoms with Gasteiger partial charge in [0.15, 0.2) is 12.0 Å². The number of nitrogens with zero attached hydrogens (tertiary/aromatic N) is 2. The van der Waals surface area contributed by atoms with Gasteiger partial charge in [-0.15, -0.1) is 0 Å². The summed E-state index contributed by atoms with van der Waals surface area (Å²) in [6, 6.07) is 15.9. The minimum atomic E-state index is -0.0733. The molecule has 0 atom stereocenters. The lowest BCUT2D eigenvalue weighted by atomic mass is 10.1. The molecule has 0 N–H and O–H groups in total. The molecule has 29 heavy (non-hydrogen) atoms. The molecule has 0 spiro atoms. The third-order valence-corrected chi connectivity index (χ3v) is 5.21. The number of amides is 1. The highest BCUT2D eigenvalue weighted by molar-refractivity contribution is 5.79. The van der Waals surface area contributed by atoms with E-state index in [0.717, 1.165) is 38.2 Å². The number of benzene rings is 2. The molecule has 6 nitrogen and oxygen atoms in total. The zero-order valence-electron chi connectivity index (χ0n) is 16.5. The highest BCUT2D eigenvalue weighted by Crippen LogP contribution is 2.24. The van der Waals surface area contributed by atoms with Crippen LogP contribution in [0.1, 0.15) is 6.42 Å². The normalized spacial score (nSPS) is 15.3. The van der Waals surface area contributed by atoms with E-state index >= 15 is 0 Å². The van der Waals surface area contributed by atoms with Crippen molar-refractivity contribution >= 4 is 16.9 Å². The smallest absolute Gasteiger partial charge is 0.260 e. The van der Waals surface area contributed by atoms with Gasteiger partial charge in [0.05, 0.1) is 5.39 Å². The number of para-hydroxylation sites is 1. The molecule has 1 aromatic heterocycles. The van der Waals surface area contributed by atoms with Crippen molar-refractivity contribution in [3.63, 3.8) is 0 Å². The van der Waals surface area contributed by atoms with Crippen LogP contribution in [0.15, 0.2) is 63.8 Å². The Balaban J connectivity index is 1.42. The zero-order valence-corrected chi connectivity index (χ0v) is 16.5. The van der Waals surface area contributed by atoms with Crippen molar-refractivity contribution in [1.82, 2.24) is 9.80 Å². The summed E-state index contributed by atoms with van der Waals surface area (Å²) in [6.07, 6.45) is 0.980. The van der Waals surface area contributed by atoms with Gasteiger partial charge in [-0.2, -0.15) is 0 Å². The Kier molecular flexibility index (Phi) is 5.62. The highest BCUT2D eigenvalue weighted by Gasteiger charge is 2.17. The lowest BCUT2D eigenvalue weighted by molar-refractivity contribution is -0.133. The van der Waals surface area contributed by atoms with Crippen LogP contribution in [0.4, 0.5) is 0 Å². The van der Waals surface area contributed by atoms with Gasteiger partial charge in [0.2, 0.25) is 0 Å². The average molecular weight is 392 g/mol. The molecule has 1 aliphatic rings. The molecule has 0 aliphatic carbocycles. The maximum atomic E-state index is 12.4. The molecule has 1 saturated heterocycles. The number of rotatable bonds is 4. The standard InChI is InChI=1S/C23H24N2O4/c1-24-11-4-12-25(14-13-24)23(27)16-28-18-9-7-17(8-10-18)22-15-20(26)19-5-2-3-6-21(19)29-22/h2-3,5-10,15H,4,11-14,16H2,1H3. The molecule has 0 saturated carbocycles. The van der Waals surface area contributed by atoms with Gasteiger partial charge in [0.25, 0.3) is 5.91 Å².